The van der Waals surface area contributed by atoms with E-state index in [0.717, 1.165) is 29.5 Å². The van der Waals surface area contributed by atoms with Crippen molar-refractivity contribution in [1.82, 2.24) is 10.2 Å². The van der Waals surface area contributed by atoms with Crippen molar-refractivity contribution in [1.29, 1.82) is 0 Å². The molecule has 0 aliphatic rings. The van der Waals surface area contributed by atoms with E-state index in [-0.39, 0.29) is 29.1 Å². The molecule has 0 radical (unpaired) electrons. The van der Waals surface area contributed by atoms with Crippen LogP contribution in [-0.2, 0) is 28.3 Å². The highest BCUT2D eigenvalue weighted by Crippen LogP contribution is 2.25. The zero-order valence-corrected chi connectivity index (χ0v) is 23.0. The second-order valence-corrected chi connectivity index (χ2v) is 10.4. The van der Waals surface area contributed by atoms with Crippen LogP contribution in [0.5, 0.6) is 0 Å². The summed E-state index contributed by atoms with van der Waals surface area (Å²) in [6.07, 6.45) is 2.24. The van der Waals surface area contributed by atoms with Crippen LogP contribution in [0.3, 0.4) is 0 Å². The Morgan fingerprint density at radius 1 is 1.03 bits per heavy atom. The Labute approximate surface area is 228 Å². The summed E-state index contributed by atoms with van der Waals surface area (Å²) in [4.78, 5) is 28.8. The van der Waals surface area contributed by atoms with Crippen LogP contribution in [0.15, 0.2) is 72.8 Å². The SMILES string of the molecule is CCCCNC(=O)C(Cc1ccccc1)N(Cc1ccccc1C)C(=O)CSCc1c(F)cccc1Cl. The topological polar surface area (TPSA) is 49.4 Å². The fourth-order valence-corrected chi connectivity index (χ4v) is 5.27. The minimum Gasteiger partial charge on any atom is -0.354 e. The van der Waals surface area contributed by atoms with Gasteiger partial charge in [0.15, 0.2) is 0 Å². The lowest BCUT2D eigenvalue weighted by Gasteiger charge is -2.32. The molecule has 4 nitrogen and oxygen atoms in total. The van der Waals surface area contributed by atoms with Crippen molar-refractivity contribution in [3.05, 3.63) is 106 Å². The van der Waals surface area contributed by atoms with Gasteiger partial charge in [-0.1, -0.05) is 85.6 Å². The Morgan fingerprint density at radius 2 is 1.76 bits per heavy atom. The minimum atomic E-state index is -0.677. The Bertz CT molecular complexity index is 1160. The van der Waals surface area contributed by atoms with Gasteiger partial charge in [0.1, 0.15) is 11.9 Å². The molecule has 7 heteroatoms. The Kier molecular flexibility index (Phi) is 11.5. The van der Waals surface area contributed by atoms with Crippen molar-refractivity contribution in [3.8, 4) is 0 Å². The molecular weight excluding hydrogens is 507 g/mol. The summed E-state index contributed by atoms with van der Waals surface area (Å²) >= 11 is 7.47. The monoisotopic (exact) mass is 540 g/mol. The van der Waals surface area contributed by atoms with E-state index in [1.807, 2.05) is 61.5 Å². The molecule has 3 aromatic rings. The molecule has 0 fully saturated rings. The molecule has 0 saturated carbocycles. The maximum absolute atomic E-state index is 14.2. The van der Waals surface area contributed by atoms with Gasteiger partial charge in [0.25, 0.3) is 0 Å². The summed E-state index contributed by atoms with van der Waals surface area (Å²) in [6, 6.07) is 21.5. The van der Waals surface area contributed by atoms with E-state index >= 15 is 0 Å². The van der Waals surface area contributed by atoms with Gasteiger partial charge in [0, 0.05) is 35.8 Å². The number of amides is 2. The number of carbonyl (C=O) groups is 2. The minimum absolute atomic E-state index is 0.101. The number of hydrogen-bond acceptors (Lipinski definition) is 3. The average molecular weight is 541 g/mol. The van der Waals surface area contributed by atoms with Crippen LogP contribution >= 0.6 is 23.4 Å². The van der Waals surface area contributed by atoms with E-state index in [1.165, 1.54) is 17.8 Å². The van der Waals surface area contributed by atoms with Gasteiger partial charge >= 0.3 is 0 Å². The molecule has 3 aromatic carbocycles. The maximum atomic E-state index is 14.2. The van der Waals surface area contributed by atoms with Gasteiger partial charge in [-0.25, -0.2) is 4.39 Å². The van der Waals surface area contributed by atoms with Crippen LogP contribution in [-0.4, -0.2) is 35.1 Å². The van der Waals surface area contributed by atoms with Gasteiger partial charge < -0.3 is 10.2 Å². The fourth-order valence-electron chi connectivity index (χ4n) is 4.02. The summed E-state index contributed by atoms with van der Waals surface area (Å²) in [7, 11) is 0. The number of hydrogen-bond donors (Lipinski definition) is 1. The van der Waals surface area contributed by atoms with E-state index in [2.05, 4.69) is 12.2 Å². The lowest BCUT2D eigenvalue weighted by Crippen LogP contribution is -2.51. The number of thioether (sulfide) groups is 1. The Balaban J connectivity index is 1.86. The number of unbranched alkanes of at least 4 members (excludes halogenated alkanes) is 1. The van der Waals surface area contributed by atoms with Crippen LogP contribution in [0, 0.1) is 12.7 Å². The van der Waals surface area contributed by atoms with Gasteiger partial charge in [-0.3, -0.25) is 9.59 Å². The smallest absolute Gasteiger partial charge is 0.243 e. The van der Waals surface area contributed by atoms with Crippen LogP contribution in [0.2, 0.25) is 5.02 Å². The van der Waals surface area contributed by atoms with Crippen molar-refractivity contribution < 1.29 is 14.0 Å². The van der Waals surface area contributed by atoms with E-state index in [0.29, 0.717) is 30.1 Å². The second-order valence-electron chi connectivity index (χ2n) is 8.99. The van der Waals surface area contributed by atoms with Crippen molar-refractivity contribution in [2.24, 2.45) is 0 Å². The third kappa shape index (κ3) is 8.61. The molecular formula is C30H34ClFN2O2S. The zero-order valence-electron chi connectivity index (χ0n) is 21.4. The molecule has 3 rings (SSSR count). The average Bonchev–Trinajstić information content (AvgIpc) is 2.89. The van der Waals surface area contributed by atoms with Gasteiger partial charge in [-0.2, -0.15) is 0 Å². The number of halogens is 2. The lowest BCUT2D eigenvalue weighted by molar-refractivity contribution is -0.139. The quantitative estimate of drug-likeness (QED) is 0.249. The Hall–Kier alpha value is -2.83. The molecule has 1 atom stereocenters. The number of aryl methyl sites for hydroxylation is 1. The lowest BCUT2D eigenvalue weighted by atomic mass is 10.0. The van der Waals surface area contributed by atoms with Gasteiger partial charge in [0.05, 0.1) is 5.75 Å². The molecule has 0 aliphatic carbocycles. The van der Waals surface area contributed by atoms with Gasteiger partial charge in [-0.05, 0) is 42.2 Å². The molecule has 0 spiro atoms. The predicted molar refractivity (Wildman–Crippen MR) is 151 cm³/mol. The van der Waals surface area contributed by atoms with Crippen LogP contribution in [0.4, 0.5) is 4.39 Å². The first-order valence-electron chi connectivity index (χ1n) is 12.6. The highest BCUT2D eigenvalue weighted by molar-refractivity contribution is 7.99. The molecule has 0 aliphatic heterocycles. The maximum Gasteiger partial charge on any atom is 0.243 e. The number of benzene rings is 3. The molecule has 1 unspecified atom stereocenters. The number of carbonyl (C=O) groups excluding carboxylic acids is 2. The normalized spacial score (nSPS) is 11.7. The summed E-state index contributed by atoms with van der Waals surface area (Å²) in [5.74, 6) is -0.360. The van der Waals surface area contributed by atoms with Crippen molar-refractivity contribution in [2.45, 2.75) is 51.4 Å². The van der Waals surface area contributed by atoms with E-state index in [4.69, 9.17) is 11.6 Å². The third-order valence-corrected chi connectivity index (χ3v) is 7.53. The first kappa shape index (κ1) is 28.7. The standard InChI is InChI=1S/C30H34ClFN2O2S/c1-3-4-17-33-30(36)28(18-23-12-6-5-7-13-23)34(19-24-14-9-8-11-22(24)2)29(35)21-37-20-25-26(31)15-10-16-27(25)32/h5-16,28H,3-4,17-21H2,1-2H3,(H,33,36). The molecule has 2 amide bonds. The van der Waals surface area contributed by atoms with E-state index in [9.17, 15) is 14.0 Å². The largest absolute Gasteiger partial charge is 0.354 e. The number of nitrogens with zero attached hydrogens (tertiary/aromatic N) is 1. The highest BCUT2D eigenvalue weighted by atomic mass is 35.5. The summed E-state index contributed by atoms with van der Waals surface area (Å²) in [5, 5.41) is 3.37. The molecule has 0 bridgehead atoms. The number of rotatable bonds is 13. The summed E-state index contributed by atoms with van der Waals surface area (Å²) in [6.45, 7) is 4.94. The molecule has 0 heterocycles. The summed E-state index contributed by atoms with van der Waals surface area (Å²) < 4.78 is 14.2. The van der Waals surface area contributed by atoms with Crippen molar-refractivity contribution >= 4 is 35.2 Å². The first-order valence-corrected chi connectivity index (χ1v) is 14.1. The molecule has 37 heavy (non-hydrogen) atoms. The molecule has 1 N–H and O–H groups in total. The van der Waals surface area contributed by atoms with Crippen molar-refractivity contribution in [3.63, 3.8) is 0 Å². The van der Waals surface area contributed by atoms with Crippen LogP contribution in [0.1, 0.15) is 42.0 Å². The molecule has 0 aromatic heterocycles. The summed E-state index contributed by atoms with van der Waals surface area (Å²) in [5.41, 5.74) is 3.39. The number of nitrogens with one attached hydrogen (secondary N) is 1. The van der Waals surface area contributed by atoms with E-state index < -0.39 is 6.04 Å². The zero-order chi connectivity index (χ0) is 26.6. The molecule has 196 valence electrons. The highest BCUT2D eigenvalue weighted by Gasteiger charge is 2.30. The Morgan fingerprint density at radius 3 is 2.46 bits per heavy atom. The third-order valence-electron chi connectivity index (χ3n) is 6.24. The first-order chi connectivity index (χ1) is 17.9. The molecule has 0 saturated heterocycles. The van der Waals surface area contributed by atoms with Gasteiger partial charge in [0.2, 0.25) is 11.8 Å². The second kappa shape index (κ2) is 14.8. The van der Waals surface area contributed by atoms with Crippen LogP contribution < -0.4 is 5.32 Å². The van der Waals surface area contributed by atoms with Crippen LogP contribution in [0.25, 0.3) is 0 Å². The fraction of sp³-hybridized carbons (Fsp3) is 0.333. The van der Waals surface area contributed by atoms with Gasteiger partial charge in [-0.15, -0.1) is 11.8 Å². The van der Waals surface area contributed by atoms with Crippen molar-refractivity contribution in [2.75, 3.05) is 12.3 Å². The van der Waals surface area contributed by atoms with E-state index in [1.54, 1.807) is 17.0 Å². The predicted octanol–water partition coefficient (Wildman–Crippen LogP) is 6.58.